The highest BCUT2D eigenvalue weighted by molar-refractivity contribution is 5.76. The first-order valence-corrected chi connectivity index (χ1v) is 5.53. The SMILES string of the molecule is Nc1nc(NCCC(=O)N2CCOCC2)n[nH]1. The van der Waals surface area contributed by atoms with E-state index in [9.17, 15) is 4.79 Å². The minimum Gasteiger partial charge on any atom is -0.378 e. The molecule has 0 saturated carbocycles. The summed E-state index contributed by atoms with van der Waals surface area (Å²) in [6, 6.07) is 0. The van der Waals surface area contributed by atoms with Crippen LogP contribution in [0.5, 0.6) is 0 Å². The molecule has 8 nitrogen and oxygen atoms in total. The van der Waals surface area contributed by atoms with Crippen molar-refractivity contribution in [2.75, 3.05) is 43.9 Å². The number of aromatic nitrogens is 3. The van der Waals surface area contributed by atoms with Crippen molar-refractivity contribution in [2.24, 2.45) is 0 Å². The molecule has 0 aliphatic carbocycles. The largest absolute Gasteiger partial charge is 0.378 e. The fraction of sp³-hybridized carbons (Fsp3) is 0.667. The molecule has 0 unspecified atom stereocenters. The maximum Gasteiger partial charge on any atom is 0.243 e. The number of nitrogens with zero attached hydrogens (tertiary/aromatic N) is 3. The Balaban J connectivity index is 1.69. The maximum atomic E-state index is 11.8. The van der Waals surface area contributed by atoms with Crippen LogP contribution in [0.4, 0.5) is 11.9 Å². The van der Waals surface area contributed by atoms with E-state index in [1.54, 1.807) is 4.90 Å². The summed E-state index contributed by atoms with van der Waals surface area (Å²) in [5.41, 5.74) is 5.37. The number of ether oxygens (including phenoxy) is 1. The standard InChI is InChI=1S/C9H16N6O2/c10-8-12-9(14-13-8)11-2-1-7(16)15-3-5-17-6-4-15/h1-6H2,(H4,10,11,12,13,14). The van der Waals surface area contributed by atoms with E-state index in [1.807, 2.05) is 0 Å². The van der Waals surface area contributed by atoms with E-state index in [4.69, 9.17) is 10.5 Å². The fourth-order valence-electron chi connectivity index (χ4n) is 1.61. The van der Waals surface area contributed by atoms with Gasteiger partial charge in [-0.2, -0.15) is 4.98 Å². The van der Waals surface area contributed by atoms with Gasteiger partial charge in [0, 0.05) is 26.1 Å². The maximum absolute atomic E-state index is 11.8. The predicted octanol–water partition coefficient (Wildman–Crippen LogP) is -0.952. The van der Waals surface area contributed by atoms with Crippen molar-refractivity contribution < 1.29 is 9.53 Å². The van der Waals surface area contributed by atoms with Gasteiger partial charge in [-0.1, -0.05) is 0 Å². The van der Waals surface area contributed by atoms with Crippen molar-refractivity contribution in [1.82, 2.24) is 20.1 Å². The zero-order valence-corrected chi connectivity index (χ0v) is 9.48. The summed E-state index contributed by atoms with van der Waals surface area (Å²) in [4.78, 5) is 17.4. The summed E-state index contributed by atoms with van der Waals surface area (Å²) in [5, 5.41) is 9.24. The van der Waals surface area contributed by atoms with E-state index in [2.05, 4.69) is 20.5 Å². The number of carbonyl (C=O) groups excluding carboxylic acids is 1. The van der Waals surface area contributed by atoms with Crippen molar-refractivity contribution in [1.29, 1.82) is 0 Å². The van der Waals surface area contributed by atoms with Crippen LogP contribution in [0.15, 0.2) is 0 Å². The monoisotopic (exact) mass is 240 g/mol. The molecule has 1 amide bonds. The van der Waals surface area contributed by atoms with Crippen LogP contribution in [0.2, 0.25) is 0 Å². The van der Waals surface area contributed by atoms with E-state index in [0.29, 0.717) is 45.2 Å². The van der Waals surface area contributed by atoms with Crippen molar-refractivity contribution in [3.8, 4) is 0 Å². The highest BCUT2D eigenvalue weighted by Gasteiger charge is 2.16. The minimum absolute atomic E-state index is 0.115. The summed E-state index contributed by atoms with van der Waals surface area (Å²) in [7, 11) is 0. The van der Waals surface area contributed by atoms with Gasteiger partial charge in [-0.15, -0.1) is 5.10 Å². The Morgan fingerprint density at radius 1 is 1.53 bits per heavy atom. The van der Waals surface area contributed by atoms with Gasteiger partial charge in [0.05, 0.1) is 13.2 Å². The highest BCUT2D eigenvalue weighted by atomic mass is 16.5. The Bertz CT molecular complexity index is 373. The number of hydrogen-bond acceptors (Lipinski definition) is 6. The van der Waals surface area contributed by atoms with Crippen LogP contribution in [-0.4, -0.2) is 58.8 Å². The van der Waals surface area contributed by atoms with Gasteiger partial charge >= 0.3 is 0 Å². The average Bonchev–Trinajstić information content (AvgIpc) is 2.76. The molecule has 8 heteroatoms. The van der Waals surface area contributed by atoms with Gasteiger partial charge in [0.2, 0.25) is 17.8 Å². The number of nitrogen functional groups attached to an aromatic ring is 1. The molecule has 1 aromatic heterocycles. The Morgan fingerprint density at radius 2 is 2.29 bits per heavy atom. The van der Waals surface area contributed by atoms with Crippen molar-refractivity contribution in [3.05, 3.63) is 0 Å². The normalized spacial score (nSPS) is 15.9. The van der Waals surface area contributed by atoms with Crippen LogP contribution in [0, 0.1) is 0 Å². The number of morpholine rings is 1. The molecule has 2 heterocycles. The second-order valence-electron chi connectivity index (χ2n) is 3.71. The summed E-state index contributed by atoms with van der Waals surface area (Å²) < 4.78 is 5.18. The lowest BCUT2D eigenvalue weighted by atomic mass is 10.3. The molecule has 1 aliphatic heterocycles. The summed E-state index contributed by atoms with van der Waals surface area (Å²) in [6.45, 7) is 3.08. The molecule has 0 aromatic carbocycles. The number of hydrogen-bond donors (Lipinski definition) is 3. The van der Waals surface area contributed by atoms with Gasteiger partial charge in [-0.05, 0) is 0 Å². The first kappa shape index (κ1) is 11.6. The number of H-pyrrole nitrogens is 1. The zero-order valence-electron chi connectivity index (χ0n) is 9.48. The van der Waals surface area contributed by atoms with E-state index in [-0.39, 0.29) is 11.9 Å². The Labute approximate surface area is 98.5 Å². The van der Waals surface area contributed by atoms with Crippen LogP contribution in [0.3, 0.4) is 0 Å². The topological polar surface area (TPSA) is 109 Å². The number of rotatable bonds is 4. The fourth-order valence-corrected chi connectivity index (χ4v) is 1.61. The third-order valence-corrected chi connectivity index (χ3v) is 2.49. The molecule has 0 atom stereocenters. The average molecular weight is 240 g/mol. The number of aromatic amines is 1. The van der Waals surface area contributed by atoms with Crippen LogP contribution >= 0.6 is 0 Å². The molecule has 1 saturated heterocycles. The molecule has 94 valence electrons. The first-order chi connectivity index (χ1) is 8.25. The van der Waals surface area contributed by atoms with E-state index in [1.165, 1.54) is 0 Å². The van der Waals surface area contributed by atoms with Gasteiger partial charge in [0.15, 0.2) is 0 Å². The summed E-state index contributed by atoms with van der Waals surface area (Å²) in [5.74, 6) is 0.786. The molecule has 0 bridgehead atoms. The van der Waals surface area contributed by atoms with E-state index >= 15 is 0 Å². The molecule has 0 spiro atoms. The van der Waals surface area contributed by atoms with E-state index < -0.39 is 0 Å². The molecular formula is C9H16N6O2. The minimum atomic E-state index is 0.115. The van der Waals surface area contributed by atoms with Crippen LogP contribution in [0.1, 0.15) is 6.42 Å². The molecule has 1 aromatic rings. The summed E-state index contributed by atoms with van der Waals surface area (Å²) in [6.07, 6.45) is 0.411. The van der Waals surface area contributed by atoms with Crippen molar-refractivity contribution in [2.45, 2.75) is 6.42 Å². The second-order valence-corrected chi connectivity index (χ2v) is 3.71. The van der Waals surface area contributed by atoms with E-state index in [0.717, 1.165) is 0 Å². The van der Waals surface area contributed by atoms with Crippen LogP contribution in [-0.2, 0) is 9.53 Å². The number of amides is 1. The van der Waals surface area contributed by atoms with Crippen molar-refractivity contribution >= 4 is 17.8 Å². The van der Waals surface area contributed by atoms with Crippen molar-refractivity contribution in [3.63, 3.8) is 0 Å². The Hall–Kier alpha value is -1.83. The summed E-state index contributed by atoms with van der Waals surface area (Å²) >= 11 is 0. The van der Waals surface area contributed by atoms with Gasteiger partial charge in [0.25, 0.3) is 0 Å². The smallest absolute Gasteiger partial charge is 0.243 e. The Kier molecular flexibility index (Phi) is 3.76. The molecular weight excluding hydrogens is 224 g/mol. The van der Waals surface area contributed by atoms with Gasteiger partial charge in [-0.25, -0.2) is 5.10 Å². The number of nitrogens with one attached hydrogen (secondary N) is 2. The number of anilines is 2. The molecule has 2 rings (SSSR count). The lowest BCUT2D eigenvalue weighted by Crippen LogP contribution is -2.41. The predicted molar refractivity (Wildman–Crippen MR) is 61.3 cm³/mol. The van der Waals surface area contributed by atoms with Crippen LogP contribution < -0.4 is 11.1 Å². The molecule has 4 N–H and O–H groups in total. The highest BCUT2D eigenvalue weighted by Crippen LogP contribution is 2.02. The van der Waals surface area contributed by atoms with Crippen LogP contribution in [0.25, 0.3) is 0 Å². The lowest BCUT2D eigenvalue weighted by Gasteiger charge is -2.26. The van der Waals surface area contributed by atoms with Gasteiger partial charge < -0.3 is 20.7 Å². The third-order valence-electron chi connectivity index (χ3n) is 2.49. The number of carbonyl (C=O) groups is 1. The third kappa shape index (κ3) is 3.31. The van der Waals surface area contributed by atoms with Gasteiger partial charge in [-0.3, -0.25) is 4.79 Å². The molecule has 0 radical (unpaired) electrons. The lowest BCUT2D eigenvalue weighted by molar-refractivity contribution is -0.134. The first-order valence-electron chi connectivity index (χ1n) is 5.53. The zero-order chi connectivity index (χ0) is 12.1. The molecule has 1 fully saturated rings. The molecule has 1 aliphatic rings. The second kappa shape index (κ2) is 5.48. The number of nitrogens with two attached hydrogens (primary N) is 1. The van der Waals surface area contributed by atoms with Gasteiger partial charge in [0.1, 0.15) is 0 Å². The quantitative estimate of drug-likeness (QED) is 0.626. The molecule has 17 heavy (non-hydrogen) atoms. The Morgan fingerprint density at radius 3 is 2.94 bits per heavy atom.